The summed E-state index contributed by atoms with van der Waals surface area (Å²) in [5.74, 6) is 0.867. The number of hydrogen-bond acceptors (Lipinski definition) is 5. The minimum atomic E-state index is -0.0396. The Bertz CT molecular complexity index is 1040. The van der Waals surface area contributed by atoms with Gasteiger partial charge in [0.2, 0.25) is 5.91 Å². The van der Waals surface area contributed by atoms with E-state index >= 15 is 0 Å². The molecular weight excluding hydrogens is 436 g/mol. The van der Waals surface area contributed by atoms with Crippen molar-refractivity contribution in [1.82, 2.24) is 9.80 Å². The molecule has 1 amide bonds. The highest BCUT2D eigenvalue weighted by Gasteiger charge is 2.15. The van der Waals surface area contributed by atoms with Gasteiger partial charge in [0.25, 0.3) is 0 Å². The molecule has 1 heterocycles. The molecule has 1 aliphatic rings. The van der Waals surface area contributed by atoms with Crippen LogP contribution in [0.3, 0.4) is 0 Å². The Morgan fingerprint density at radius 1 is 0.771 bits per heavy atom. The van der Waals surface area contributed by atoms with E-state index in [-0.39, 0.29) is 5.91 Å². The van der Waals surface area contributed by atoms with Crippen LogP contribution in [-0.4, -0.2) is 48.4 Å². The number of ether oxygens (including phenoxy) is 1. The van der Waals surface area contributed by atoms with Crippen molar-refractivity contribution in [2.75, 3.05) is 38.0 Å². The Morgan fingerprint density at radius 2 is 1.37 bits per heavy atom. The SMILES string of the molecule is NCCC(=O)Nc1ccc(CN2CCCN(Cc3ccc(OCc4ccccc4)cc3)CC2)cc1. The van der Waals surface area contributed by atoms with Crippen molar-refractivity contribution in [3.8, 4) is 5.75 Å². The van der Waals surface area contributed by atoms with Crippen LogP contribution in [0.2, 0.25) is 0 Å². The van der Waals surface area contributed by atoms with E-state index in [2.05, 4.69) is 63.6 Å². The summed E-state index contributed by atoms with van der Waals surface area (Å²) in [6.07, 6.45) is 1.50. The Labute approximate surface area is 208 Å². The first kappa shape index (κ1) is 24.9. The number of hydrogen-bond donors (Lipinski definition) is 2. The van der Waals surface area contributed by atoms with Crippen LogP contribution in [0.15, 0.2) is 78.9 Å². The highest BCUT2D eigenvalue weighted by Crippen LogP contribution is 2.17. The summed E-state index contributed by atoms with van der Waals surface area (Å²) < 4.78 is 5.92. The van der Waals surface area contributed by atoms with Crippen LogP contribution in [0, 0.1) is 0 Å². The molecule has 1 fully saturated rings. The maximum absolute atomic E-state index is 11.7. The molecule has 35 heavy (non-hydrogen) atoms. The lowest BCUT2D eigenvalue weighted by atomic mass is 10.2. The maximum Gasteiger partial charge on any atom is 0.225 e. The topological polar surface area (TPSA) is 70.8 Å². The minimum Gasteiger partial charge on any atom is -0.489 e. The fourth-order valence-electron chi connectivity index (χ4n) is 4.34. The number of carbonyl (C=O) groups is 1. The molecule has 1 aliphatic heterocycles. The van der Waals surface area contributed by atoms with Gasteiger partial charge in [-0.25, -0.2) is 0 Å². The first-order chi connectivity index (χ1) is 17.2. The summed E-state index contributed by atoms with van der Waals surface area (Å²) in [5, 5.41) is 2.88. The molecule has 0 aliphatic carbocycles. The fraction of sp³-hybridized carbons (Fsp3) is 0.345. The van der Waals surface area contributed by atoms with E-state index in [1.54, 1.807) is 0 Å². The normalized spacial score (nSPS) is 14.9. The Kier molecular flexibility index (Phi) is 9.29. The summed E-state index contributed by atoms with van der Waals surface area (Å²) >= 11 is 0. The van der Waals surface area contributed by atoms with Crippen LogP contribution in [0.5, 0.6) is 5.75 Å². The van der Waals surface area contributed by atoms with Crippen molar-refractivity contribution in [3.63, 3.8) is 0 Å². The third-order valence-electron chi connectivity index (χ3n) is 6.27. The van der Waals surface area contributed by atoms with Gasteiger partial charge in [0, 0.05) is 44.8 Å². The van der Waals surface area contributed by atoms with Crippen LogP contribution in [-0.2, 0) is 24.5 Å². The molecule has 3 aromatic carbocycles. The van der Waals surface area contributed by atoms with Crippen molar-refractivity contribution >= 4 is 11.6 Å². The zero-order chi connectivity index (χ0) is 24.3. The number of carbonyl (C=O) groups excluding carboxylic acids is 1. The minimum absolute atomic E-state index is 0.0396. The molecule has 0 radical (unpaired) electrons. The van der Waals surface area contributed by atoms with E-state index < -0.39 is 0 Å². The lowest BCUT2D eigenvalue weighted by molar-refractivity contribution is -0.116. The van der Waals surface area contributed by atoms with Gasteiger partial charge in [-0.2, -0.15) is 0 Å². The molecule has 184 valence electrons. The lowest BCUT2D eigenvalue weighted by Crippen LogP contribution is -2.30. The van der Waals surface area contributed by atoms with Gasteiger partial charge in [-0.3, -0.25) is 14.6 Å². The molecule has 0 unspecified atom stereocenters. The van der Waals surface area contributed by atoms with Gasteiger partial charge >= 0.3 is 0 Å². The van der Waals surface area contributed by atoms with Gasteiger partial charge in [-0.1, -0.05) is 54.6 Å². The standard InChI is InChI=1S/C29H36N4O2/c30-16-15-29(34)31-27-11-7-24(8-12-27)21-32-17-4-18-33(20-19-32)22-25-9-13-28(14-10-25)35-23-26-5-2-1-3-6-26/h1-3,5-14H,4,15-23,30H2,(H,31,34). The molecule has 4 rings (SSSR count). The molecule has 0 saturated carbocycles. The largest absolute Gasteiger partial charge is 0.489 e. The zero-order valence-corrected chi connectivity index (χ0v) is 20.4. The van der Waals surface area contributed by atoms with Crippen molar-refractivity contribution in [1.29, 1.82) is 0 Å². The Morgan fingerprint density at radius 3 is 1.97 bits per heavy atom. The quantitative estimate of drug-likeness (QED) is 0.461. The third-order valence-corrected chi connectivity index (χ3v) is 6.27. The summed E-state index contributed by atoms with van der Waals surface area (Å²) in [5.41, 5.74) is 10.0. The zero-order valence-electron chi connectivity index (χ0n) is 20.4. The maximum atomic E-state index is 11.7. The highest BCUT2D eigenvalue weighted by atomic mass is 16.5. The predicted octanol–water partition coefficient (Wildman–Crippen LogP) is 4.26. The number of nitrogens with two attached hydrogens (primary N) is 1. The molecule has 6 heteroatoms. The molecule has 1 saturated heterocycles. The highest BCUT2D eigenvalue weighted by molar-refractivity contribution is 5.90. The van der Waals surface area contributed by atoms with Crippen molar-refractivity contribution in [3.05, 3.63) is 95.6 Å². The second kappa shape index (κ2) is 13.0. The van der Waals surface area contributed by atoms with Crippen LogP contribution < -0.4 is 15.8 Å². The summed E-state index contributed by atoms with van der Waals surface area (Å²) in [6.45, 7) is 7.15. The van der Waals surface area contributed by atoms with E-state index in [0.717, 1.165) is 57.1 Å². The van der Waals surface area contributed by atoms with Gasteiger partial charge in [-0.15, -0.1) is 0 Å². The second-order valence-electron chi connectivity index (χ2n) is 9.11. The number of amides is 1. The van der Waals surface area contributed by atoms with E-state index in [0.29, 0.717) is 19.6 Å². The third kappa shape index (κ3) is 8.21. The molecule has 0 bridgehead atoms. The Hall–Kier alpha value is -3.19. The smallest absolute Gasteiger partial charge is 0.225 e. The van der Waals surface area contributed by atoms with Gasteiger partial charge < -0.3 is 15.8 Å². The van der Waals surface area contributed by atoms with Crippen molar-refractivity contribution in [2.24, 2.45) is 5.73 Å². The number of anilines is 1. The monoisotopic (exact) mass is 472 g/mol. The first-order valence-electron chi connectivity index (χ1n) is 12.5. The van der Waals surface area contributed by atoms with E-state index in [1.165, 1.54) is 16.7 Å². The lowest BCUT2D eigenvalue weighted by Gasteiger charge is -2.22. The van der Waals surface area contributed by atoms with E-state index in [4.69, 9.17) is 10.5 Å². The molecule has 6 nitrogen and oxygen atoms in total. The number of rotatable bonds is 10. The predicted molar refractivity (Wildman–Crippen MR) is 141 cm³/mol. The molecule has 0 spiro atoms. The van der Waals surface area contributed by atoms with Crippen molar-refractivity contribution < 1.29 is 9.53 Å². The number of benzene rings is 3. The average Bonchev–Trinajstić information content (AvgIpc) is 3.10. The van der Waals surface area contributed by atoms with Crippen LogP contribution in [0.25, 0.3) is 0 Å². The molecule has 3 aromatic rings. The van der Waals surface area contributed by atoms with Crippen LogP contribution in [0.1, 0.15) is 29.5 Å². The van der Waals surface area contributed by atoms with Crippen LogP contribution >= 0.6 is 0 Å². The second-order valence-corrected chi connectivity index (χ2v) is 9.11. The summed E-state index contributed by atoms with van der Waals surface area (Å²) in [7, 11) is 0. The van der Waals surface area contributed by atoms with Gasteiger partial charge in [0.15, 0.2) is 0 Å². The molecule has 3 N–H and O–H groups in total. The average molecular weight is 473 g/mol. The van der Waals surface area contributed by atoms with E-state index in [1.807, 2.05) is 30.3 Å². The fourth-order valence-corrected chi connectivity index (χ4v) is 4.34. The first-order valence-corrected chi connectivity index (χ1v) is 12.5. The molecule has 0 aromatic heterocycles. The molecule has 0 atom stereocenters. The number of nitrogens with zero attached hydrogens (tertiary/aromatic N) is 2. The molecular formula is C29H36N4O2. The van der Waals surface area contributed by atoms with Crippen LogP contribution in [0.4, 0.5) is 5.69 Å². The Balaban J connectivity index is 1.21. The summed E-state index contributed by atoms with van der Waals surface area (Å²) in [6, 6.07) is 26.9. The number of nitrogens with one attached hydrogen (secondary N) is 1. The van der Waals surface area contributed by atoms with Gasteiger partial charge in [0.1, 0.15) is 12.4 Å². The van der Waals surface area contributed by atoms with Gasteiger partial charge in [-0.05, 0) is 60.5 Å². The van der Waals surface area contributed by atoms with Gasteiger partial charge in [0.05, 0.1) is 0 Å². The van der Waals surface area contributed by atoms with Crippen molar-refractivity contribution in [2.45, 2.75) is 32.5 Å². The summed E-state index contributed by atoms with van der Waals surface area (Å²) in [4.78, 5) is 16.8. The van der Waals surface area contributed by atoms with E-state index in [9.17, 15) is 4.79 Å².